The van der Waals surface area contributed by atoms with Crippen LogP contribution in [0.5, 0.6) is 5.75 Å². The summed E-state index contributed by atoms with van der Waals surface area (Å²) in [6.45, 7) is 0.201. The van der Waals surface area contributed by atoms with Gasteiger partial charge in [-0.2, -0.15) is 0 Å². The molecule has 0 aromatic heterocycles. The van der Waals surface area contributed by atoms with Gasteiger partial charge in [0.15, 0.2) is 0 Å². The largest absolute Gasteiger partial charge is 0.493 e. The molecule has 0 saturated heterocycles. The number of nitrogens with two attached hydrogens (primary N) is 1. The molecule has 1 rings (SSSR count). The van der Waals surface area contributed by atoms with Crippen molar-refractivity contribution in [1.29, 1.82) is 0 Å². The molecule has 1 aromatic carbocycles. The lowest BCUT2D eigenvalue weighted by Crippen LogP contribution is -2.37. The number of anilines is 1. The SMILES string of the molecule is CNC(=O)NC(=O)CCOc1ccc(N)cc1. The summed E-state index contributed by atoms with van der Waals surface area (Å²) in [4.78, 5) is 22.0. The van der Waals surface area contributed by atoms with Crippen molar-refractivity contribution in [2.75, 3.05) is 19.4 Å². The minimum Gasteiger partial charge on any atom is -0.493 e. The van der Waals surface area contributed by atoms with E-state index in [-0.39, 0.29) is 18.9 Å². The molecule has 0 heterocycles. The van der Waals surface area contributed by atoms with Crippen LogP contribution in [-0.4, -0.2) is 25.6 Å². The predicted octanol–water partition coefficient (Wildman–Crippen LogP) is 0.493. The number of carbonyl (C=O) groups is 2. The van der Waals surface area contributed by atoms with Gasteiger partial charge in [-0.3, -0.25) is 10.1 Å². The van der Waals surface area contributed by atoms with E-state index in [0.717, 1.165) is 0 Å². The molecule has 1 aromatic rings. The van der Waals surface area contributed by atoms with E-state index >= 15 is 0 Å². The van der Waals surface area contributed by atoms with Crippen LogP contribution in [0.4, 0.5) is 10.5 Å². The van der Waals surface area contributed by atoms with Crippen LogP contribution in [0.15, 0.2) is 24.3 Å². The van der Waals surface area contributed by atoms with E-state index in [0.29, 0.717) is 11.4 Å². The average molecular weight is 237 g/mol. The first-order chi connectivity index (χ1) is 8.11. The van der Waals surface area contributed by atoms with Crippen LogP contribution in [0.3, 0.4) is 0 Å². The van der Waals surface area contributed by atoms with Gasteiger partial charge in [0.1, 0.15) is 5.75 Å². The Morgan fingerprint density at radius 1 is 1.29 bits per heavy atom. The lowest BCUT2D eigenvalue weighted by Gasteiger charge is -2.06. The first kappa shape index (κ1) is 12.8. The third-order valence-corrected chi connectivity index (χ3v) is 1.96. The molecule has 0 aliphatic heterocycles. The molecule has 6 heteroatoms. The molecule has 17 heavy (non-hydrogen) atoms. The maximum atomic E-state index is 11.2. The molecule has 0 aliphatic rings. The number of carbonyl (C=O) groups excluding carboxylic acids is 2. The monoisotopic (exact) mass is 237 g/mol. The van der Waals surface area contributed by atoms with Gasteiger partial charge in [0, 0.05) is 12.7 Å². The Bertz CT molecular complexity index is 389. The van der Waals surface area contributed by atoms with Gasteiger partial charge < -0.3 is 15.8 Å². The summed E-state index contributed by atoms with van der Waals surface area (Å²) < 4.78 is 5.30. The Labute approximate surface area is 99.1 Å². The van der Waals surface area contributed by atoms with E-state index in [1.165, 1.54) is 7.05 Å². The molecule has 4 N–H and O–H groups in total. The number of ether oxygens (including phenoxy) is 1. The molecular formula is C11H15N3O3. The summed E-state index contributed by atoms with van der Waals surface area (Å²) in [5, 5.41) is 4.42. The van der Waals surface area contributed by atoms with Gasteiger partial charge in [0.25, 0.3) is 0 Å². The fourth-order valence-electron chi connectivity index (χ4n) is 1.08. The maximum absolute atomic E-state index is 11.2. The normalized spacial score (nSPS) is 9.47. The minimum atomic E-state index is -0.525. The van der Waals surface area contributed by atoms with Gasteiger partial charge in [-0.05, 0) is 24.3 Å². The topological polar surface area (TPSA) is 93.5 Å². The average Bonchev–Trinajstić information content (AvgIpc) is 2.31. The standard InChI is InChI=1S/C11H15N3O3/c1-13-11(16)14-10(15)6-7-17-9-4-2-8(12)3-5-9/h2-5H,6-7,12H2,1H3,(H2,13,14,15,16). The van der Waals surface area contributed by atoms with Crippen LogP contribution < -0.4 is 21.1 Å². The molecule has 0 fully saturated rings. The molecule has 0 unspecified atom stereocenters. The number of urea groups is 1. The highest BCUT2D eigenvalue weighted by molar-refractivity contribution is 5.94. The summed E-state index contributed by atoms with van der Waals surface area (Å²) in [6.07, 6.45) is 0.109. The van der Waals surface area contributed by atoms with Crippen LogP contribution in [0.2, 0.25) is 0 Å². The summed E-state index contributed by atoms with van der Waals surface area (Å²) in [5.74, 6) is 0.242. The lowest BCUT2D eigenvalue weighted by molar-refractivity contribution is -0.120. The van der Waals surface area contributed by atoms with Crippen molar-refractivity contribution in [3.05, 3.63) is 24.3 Å². The van der Waals surface area contributed by atoms with Crippen LogP contribution >= 0.6 is 0 Å². The highest BCUT2D eigenvalue weighted by atomic mass is 16.5. The van der Waals surface area contributed by atoms with E-state index in [4.69, 9.17) is 10.5 Å². The lowest BCUT2D eigenvalue weighted by atomic mass is 10.3. The summed E-state index contributed by atoms with van der Waals surface area (Å²) in [6, 6.07) is 6.32. The number of hydrogen-bond donors (Lipinski definition) is 3. The van der Waals surface area contributed by atoms with Crippen molar-refractivity contribution < 1.29 is 14.3 Å². The molecule has 0 atom stereocenters. The van der Waals surface area contributed by atoms with Crippen molar-refractivity contribution in [2.24, 2.45) is 0 Å². The number of amides is 3. The number of nitrogens with one attached hydrogen (secondary N) is 2. The Kier molecular flexibility index (Phi) is 4.80. The van der Waals surface area contributed by atoms with E-state index in [9.17, 15) is 9.59 Å². The first-order valence-electron chi connectivity index (χ1n) is 5.11. The molecule has 0 radical (unpaired) electrons. The fraction of sp³-hybridized carbons (Fsp3) is 0.273. The zero-order valence-electron chi connectivity index (χ0n) is 9.53. The number of nitrogen functional groups attached to an aromatic ring is 1. The van der Waals surface area contributed by atoms with Gasteiger partial charge in [-0.25, -0.2) is 4.79 Å². The van der Waals surface area contributed by atoms with Gasteiger partial charge in [-0.15, -0.1) is 0 Å². The number of rotatable bonds is 4. The Balaban J connectivity index is 2.26. The Morgan fingerprint density at radius 3 is 2.53 bits per heavy atom. The molecule has 6 nitrogen and oxygen atoms in total. The molecule has 0 bridgehead atoms. The summed E-state index contributed by atoms with van der Waals surface area (Å²) in [5.41, 5.74) is 6.16. The second kappa shape index (κ2) is 6.37. The summed E-state index contributed by atoms with van der Waals surface area (Å²) in [7, 11) is 1.44. The van der Waals surface area contributed by atoms with Gasteiger partial charge in [0.2, 0.25) is 5.91 Å². The first-order valence-corrected chi connectivity index (χ1v) is 5.11. The van der Waals surface area contributed by atoms with Crippen LogP contribution in [0.25, 0.3) is 0 Å². The predicted molar refractivity (Wildman–Crippen MR) is 63.6 cm³/mol. The molecule has 92 valence electrons. The van der Waals surface area contributed by atoms with Crippen LogP contribution in [0, 0.1) is 0 Å². The minimum absolute atomic E-state index is 0.109. The van der Waals surface area contributed by atoms with E-state index in [1.54, 1.807) is 24.3 Å². The van der Waals surface area contributed by atoms with Crippen molar-refractivity contribution in [3.8, 4) is 5.75 Å². The number of hydrogen-bond acceptors (Lipinski definition) is 4. The van der Waals surface area contributed by atoms with Gasteiger partial charge in [-0.1, -0.05) is 0 Å². The van der Waals surface area contributed by atoms with Crippen LogP contribution in [0.1, 0.15) is 6.42 Å². The third-order valence-electron chi connectivity index (χ3n) is 1.96. The van der Waals surface area contributed by atoms with Crippen molar-refractivity contribution in [3.63, 3.8) is 0 Å². The van der Waals surface area contributed by atoms with Gasteiger partial charge >= 0.3 is 6.03 Å². The zero-order valence-corrected chi connectivity index (χ0v) is 9.53. The Morgan fingerprint density at radius 2 is 1.94 bits per heavy atom. The molecule has 0 aliphatic carbocycles. The van der Waals surface area contributed by atoms with Crippen LogP contribution in [-0.2, 0) is 4.79 Å². The second-order valence-corrected chi connectivity index (χ2v) is 3.29. The molecule has 0 saturated carbocycles. The van der Waals surface area contributed by atoms with Crippen molar-refractivity contribution in [1.82, 2.24) is 10.6 Å². The second-order valence-electron chi connectivity index (χ2n) is 3.29. The summed E-state index contributed by atoms with van der Waals surface area (Å²) >= 11 is 0. The van der Waals surface area contributed by atoms with Gasteiger partial charge in [0.05, 0.1) is 13.0 Å². The highest BCUT2D eigenvalue weighted by Crippen LogP contribution is 2.12. The smallest absolute Gasteiger partial charge is 0.321 e. The van der Waals surface area contributed by atoms with Crippen molar-refractivity contribution in [2.45, 2.75) is 6.42 Å². The van der Waals surface area contributed by atoms with E-state index < -0.39 is 6.03 Å². The number of benzene rings is 1. The van der Waals surface area contributed by atoms with Crippen molar-refractivity contribution >= 4 is 17.6 Å². The Hall–Kier alpha value is -2.24. The third kappa shape index (κ3) is 4.87. The highest BCUT2D eigenvalue weighted by Gasteiger charge is 2.05. The van der Waals surface area contributed by atoms with E-state index in [1.807, 2.05) is 0 Å². The zero-order chi connectivity index (χ0) is 12.7. The maximum Gasteiger partial charge on any atom is 0.321 e. The fourth-order valence-corrected chi connectivity index (χ4v) is 1.08. The molecular weight excluding hydrogens is 222 g/mol. The number of imide groups is 1. The molecule has 0 spiro atoms. The quantitative estimate of drug-likeness (QED) is 0.664. The van der Waals surface area contributed by atoms with E-state index in [2.05, 4.69) is 10.6 Å². The molecule has 3 amide bonds.